The molecule has 0 radical (unpaired) electrons. The molecule has 1 aliphatic heterocycles. The Hall–Kier alpha value is -1.69. The van der Waals surface area contributed by atoms with Gasteiger partial charge in [-0.25, -0.2) is 4.39 Å². The molecule has 1 aliphatic rings. The van der Waals surface area contributed by atoms with Crippen LogP contribution in [0.15, 0.2) is 18.2 Å². The Morgan fingerprint density at radius 3 is 2.53 bits per heavy atom. The molecule has 0 saturated carbocycles. The molecule has 1 N–H and O–H groups in total. The highest BCUT2D eigenvalue weighted by molar-refractivity contribution is 5.52. The third-order valence-electron chi connectivity index (χ3n) is 3.16. The summed E-state index contributed by atoms with van der Waals surface area (Å²) >= 11 is 0. The number of nitrogens with zero attached hydrogens (tertiary/aromatic N) is 1. The maximum Gasteiger partial charge on any atom is 0.274 e. The van der Waals surface area contributed by atoms with Crippen molar-refractivity contribution < 1.29 is 14.1 Å². The van der Waals surface area contributed by atoms with Crippen LogP contribution in [0.3, 0.4) is 0 Å². The zero-order chi connectivity index (χ0) is 14.0. The first-order valence-electron chi connectivity index (χ1n) is 6.31. The molecule has 1 saturated heterocycles. The highest BCUT2D eigenvalue weighted by Gasteiger charge is 2.24. The average Bonchev–Trinajstić information content (AvgIpc) is 2.26. The maximum absolute atomic E-state index is 13.3. The van der Waals surface area contributed by atoms with Crippen molar-refractivity contribution in [1.29, 1.82) is 0 Å². The van der Waals surface area contributed by atoms with Crippen LogP contribution >= 0.6 is 0 Å². The van der Waals surface area contributed by atoms with Crippen molar-refractivity contribution in [3.05, 3.63) is 34.1 Å². The van der Waals surface area contributed by atoms with E-state index >= 15 is 0 Å². The Labute approximate surface area is 110 Å². The van der Waals surface area contributed by atoms with Crippen molar-refractivity contribution in [3.8, 4) is 0 Å². The quantitative estimate of drug-likeness (QED) is 0.675. The molecule has 1 fully saturated rings. The molecule has 0 aromatic heterocycles. The van der Waals surface area contributed by atoms with Crippen LogP contribution in [0, 0.1) is 15.9 Å². The minimum absolute atomic E-state index is 0.129. The van der Waals surface area contributed by atoms with Crippen LogP contribution in [-0.2, 0) is 4.74 Å². The third-order valence-corrected chi connectivity index (χ3v) is 3.16. The van der Waals surface area contributed by atoms with E-state index in [0.29, 0.717) is 5.69 Å². The summed E-state index contributed by atoms with van der Waals surface area (Å²) in [6.45, 7) is 3.97. The molecule has 0 spiro atoms. The molecule has 1 aromatic carbocycles. The number of ether oxygens (including phenoxy) is 1. The zero-order valence-corrected chi connectivity index (χ0v) is 10.9. The number of hydrogen-bond donors (Lipinski definition) is 1. The molecule has 0 aliphatic carbocycles. The SMILES string of the molecule is CC1CC(Nc2cc(F)cc([N+](=O)[O-])c2)CC(C)O1. The normalized spacial score (nSPS) is 27.0. The van der Waals surface area contributed by atoms with Crippen LogP contribution in [0.25, 0.3) is 0 Å². The predicted octanol–water partition coefficient (Wildman–Crippen LogP) is 3.10. The number of benzene rings is 1. The Morgan fingerprint density at radius 2 is 1.95 bits per heavy atom. The van der Waals surface area contributed by atoms with Gasteiger partial charge in [-0.1, -0.05) is 0 Å². The largest absolute Gasteiger partial charge is 0.382 e. The lowest BCUT2D eigenvalue weighted by Crippen LogP contribution is -2.36. The molecular weight excluding hydrogens is 251 g/mol. The van der Waals surface area contributed by atoms with Gasteiger partial charge in [-0.05, 0) is 32.8 Å². The summed E-state index contributed by atoms with van der Waals surface area (Å²) < 4.78 is 18.9. The van der Waals surface area contributed by atoms with Crippen LogP contribution in [-0.4, -0.2) is 23.2 Å². The second kappa shape index (κ2) is 5.52. The summed E-state index contributed by atoms with van der Waals surface area (Å²) in [6.07, 6.45) is 1.86. The molecule has 0 bridgehead atoms. The molecule has 1 aromatic rings. The topological polar surface area (TPSA) is 64.4 Å². The second-order valence-corrected chi connectivity index (χ2v) is 5.03. The maximum atomic E-state index is 13.3. The van der Waals surface area contributed by atoms with Crippen LogP contribution in [0.5, 0.6) is 0 Å². The van der Waals surface area contributed by atoms with Gasteiger partial charge in [0.2, 0.25) is 0 Å². The summed E-state index contributed by atoms with van der Waals surface area (Å²) in [6, 6.07) is 3.69. The summed E-state index contributed by atoms with van der Waals surface area (Å²) in [5.74, 6) is -0.607. The fourth-order valence-electron chi connectivity index (χ4n) is 2.52. The highest BCUT2D eigenvalue weighted by atomic mass is 19.1. The lowest BCUT2D eigenvalue weighted by Gasteiger charge is -2.33. The fourth-order valence-corrected chi connectivity index (χ4v) is 2.52. The first-order chi connectivity index (χ1) is 8.94. The lowest BCUT2D eigenvalue weighted by atomic mass is 9.99. The summed E-state index contributed by atoms with van der Waals surface area (Å²) in [5, 5.41) is 13.8. The van der Waals surface area contributed by atoms with E-state index in [1.54, 1.807) is 0 Å². The lowest BCUT2D eigenvalue weighted by molar-refractivity contribution is -0.385. The number of rotatable bonds is 3. The van der Waals surface area contributed by atoms with Gasteiger partial charge in [0, 0.05) is 17.8 Å². The number of hydrogen-bond acceptors (Lipinski definition) is 4. The minimum atomic E-state index is -0.607. The first-order valence-corrected chi connectivity index (χ1v) is 6.31. The monoisotopic (exact) mass is 268 g/mol. The minimum Gasteiger partial charge on any atom is -0.382 e. The summed E-state index contributed by atoms with van der Waals surface area (Å²) in [7, 11) is 0. The van der Waals surface area contributed by atoms with E-state index < -0.39 is 10.7 Å². The molecule has 0 amide bonds. The molecule has 6 heteroatoms. The van der Waals surface area contributed by atoms with Crippen LogP contribution < -0.4 is 5.32 Å². The number of nitro groups is 1. The third kappa shape index (κ3) is 3.64. The van der Waals surface area contributed by atoms with Gasteiger partial charge in [0.1, 0.15) is 5.82 Å². The highest BCUT2D eigenvalue weighted by Crippen LogP contribution is 2.25. The molecular formula is C13H17FN2O3. The predicted molar refractivity (Wildman–Crippen MR) is 69.7 cm³/mol. The van der Waals surface area contributed by atoms with Crippen LogP contribution in [0.1, 0.15) is 26.7 Å². The van der Waals surface area contributed by atoms with Crippen molar-refractivity contribution in [2.24, 2.45) is 0 Å². The number of nitro benzene ring substituents is 1. The average molecular weight is 268 g/mol. The van der Waals surface area contributed by atoms with Gasteiger partial charge in [-0.2, -0.15) is 0 Å². The van der Waals surface area contributed by atoms with E-state index in [1.165, 1.54) is 12.1 Å². The van der Waals surface area contributed by atoms with Crippen molar-refractivity contribution in [3.63, 3.8) is 0 Å². The van der Waals surface area contributed by atoms with E-state index in [1.807, 2.05) is 13.8 Å². The van der Waals surface area contributed by atoms with Crippen molar-refractivity contribution in [1.82, 2.24) is 0 Å². The molecule has 19 heavy (non-hydrogen) atoms. The summed E-state index contributed by atoms with van der Waals surface area (Å²) in [5.41, 5.74) is 0.202. The van der Waals surface area contributed by atoms with E-state index in [4.69, 9.17) is 4.74 Å². The molecule has 2 unspecified atom stereocenters. The van der Waals surface area contributed by atoms with Gasteiger partial charge in [-0.3, -0.25) is 10.1 Å². The molecule has 5 nitrogen and oxygen atoms in total. The molecule has 1 heterocycles. The van der Waals surface area contributed by atoms with Gasteiger partial charge < -0.3 is 10.1 Å². The second-order valence-electron chi connectivity index (χ2n) is 5.03. The van der Waals surface area contributed by atoms with Gasteiger partial charge >= 0.3 is 0 Å². The van der Waals surface area contributed by atoms with Gasteiger partial charge in [0.25, 0.3) is 5.69 Å². The molecule has 2 rings (SSSR count). The summed E-state index contributed by atoms with van der Waals surface area (Å²) in [4.78, 5) is 10.1. The zero-order valence-electron chi connectivity index (χ0n) is 10.9. The van der Waals surface area contributed by atoms with E-state index in [0.717, 1.165) is 18.9 Å². The van der Waals surface area contributed by atoms with E-state index in [9.17, 15) is 14.5 Å². The van der Waals surface area contributed by atoms with E-state index in [2.05, 4.69) is 5.32 Å². The Morgan fingerprint density at radius 1 is 1.32 bits per heavy atom. The number of non-ortho nitro benzene ring substituents is 1. The van der Waals surface area contributed by atoms with Crippen molar-refractivity contribution in [2.75, 3.05) is 5.32 Å². The number of anilines is 1. The number of nitrogens with one attached hydrogen (secondary N) is 1. The van der Waals surface area contributed by atoms with Crippen molar-refractivity contribution in [2.45, 2.75) is 44.9 Å². The Bertz CT molecular complexity index is 471. The Kier molecular flexibility index (Phi) is 3.99. The standard InChI is InChI=1S/C13H17FN2O3/c1-8-3-11(4-9(2)19-8)15-12-5-10(14)6-13(7-12)16(17)18/h5-9,11,15H,3-4H2,1-2H3. The van der Waals surface area contributed by atoms with Gasteiger partial charge in [0.15, 0.2) is 0 Å². The van der Waals surface area contributed by atoms with Crippen LogP contribution in [0.2, 0.25) is 0 Å². The van der Waals surface area contributed by atoms with Gasteiger partial charge in [-0.15, -0.1) is 0 Å². The fraction of sp³-hybridized carbons (Fsp3) is 0.538. The van der Waals surface area contributed by atoms with Crippen molar-refractivity contribution >= 4 is 11.4 Å². The molecule has 104 valence electrons. The first kappa shape index (κ1) is 13.7. The van der Waals surface area contributed by atoms with E-state index in [-0.39, 0.29) is 23.9 Å². The smallest absolute Gasteiger partial charge is 0.274 e. The number of halogens is 1. The van der Waals surface area contributed by atoms with Crippen LogP contribution in [0.4, 0.5) is 15.8 Å². The van der Waals surface area contributed by atoms with Gasteiger partial charge in [0.05, 0.1) is 23.2 Å². The molecule has 2 atom stereocenters. The Balaban J connectivity index is 2.12.